The smallest absolute Gasteiger partial charge is 0.407 e. The van der Waals surface area contributed by atoms with E-state index in [1.807, 2.05) is 48.5 Å². The highest BCUT2D eigenvalue weighted by molar-refractivity contribution is 5.68. The van der Waals surface area contributed by atoms with Crippen molar-refractivity contribution in [1.29, 1.82) is 0 Å². The fraction of sp³-hybridized carbons (Fsp3) is 0.679. The second-order valence-electron chi connectivity index (χ2n) is 18.0. The van der Waals surface area contributed by atoms with Crippen LogP contribution in [0.5, 0.6) is 0 Å². The third kappa shape index (κ3) is 24.1. The van der Waals surface area contributed by atoms with Crippen LogP contribution in [0.4, 0.5) is 4.79 Å². The van der Waals surface area contributed by atoms with Crippen LogP contribution in [-0.2, 0) is 58.8 Å². The van der Waals surface area contributed by atoms with Crippen LogP contribution in [-0.4, -0.2) is 96.4 Å². The molecule has 0 aromatic heterocycles. The minimum atomic E-state index is -2.23. The third-order valence-corrected chi connectivity index (χ3v) is 12.0. The number of nitrogens with one attached hydrogen (secondary N) is 1. The van der Waals surface area contributed by atoms with Gasteiger partial charge < -0.3 is 48.7 Å². The number of hydrogen-bond donors (Lipinski definition) is 3. The van der Waals surface area contributed by atoms with Crippen LogP contribution in [0, 0.1) is 0 Å². The van der Waals surface area contributed by atoms with Gasteiger partial charge in [-0.1, -0.05) is 176 Å². The predicted molar refractivity (Wildman–Crippen MR) is 256 cm³/mol. The molecule has 3 rings (SSSR count). The molecule has 1 aliphatic heterocycles. The molecule has 3 N–H and O–H groups in total. The van der Waals surface area contributed by atoms with Crippen molar-refractivity contribution >= 4 is 30.0 Å². The molecule has 6 atom stereocenters. The Hall–Kier alpha value is -4.57. The number of amides is 1. The fourth-order valence-electron chi connectivity index (χ4n) is 8.58. The number of carbonyl (C=O) groups excluding carboxylic acids is 5. The van der Waals surface area contributed by atoms with Gasteiger partial charge in [-0.2, -0.15) is 0 Å². The largest absolute Gasteiger partial charge is 0.462 e. The molecular formula is C53H81NO14. The molecule has 0 spiro atoms. The number of aliphatic hydroxyl groups excluding tert-OH is 1. The molecule has 1 fully saturated rings. The third-order valence-electron chi connectivity index (χ3n) is 12.0. The Morgan fingerprint density at radius 1 is 0.618 bits per heavy atom. The summed E-state index contributed by atoms with van der Waals surface area (Å²) in [4.78, 5) is 60.5. The highest BCUT2D eigenvalue weighted by Gasteiger charge is 2.57. The van der Waals surface area contributed by atoms with E-state index in [9.17, 15) is 34.2 Å². The van der Waals surface area contributed by atoms with Crippen LogP contribution in [0.15, 0.2) is 60.7 Å². The number of unbranched alkanes of at least 4 members (excludes halogenated alkanes) is 19. The van der Waals surface area contributed by atoms with Gasteiger partial charge in [0.2, 0.25) is 12.1 Å². The zero-order chi connectivity index (χ0) is 49.4. The molecule has 1 amide bonds. The summed E-state index contributed by atoms with van der Waals surface area (Å²) in [7, 11) is 0. The summed E-state index contributed by atoms with van der Waals surface area (Å²) >= 11 is 0. The SMILES string of the molecule is CC(=O)OC[C@@H](OC(C)=O)[C@H]1O[C@@](OCCCCCCCCCCCCCCCCCCCCCCNC(=O)OC(Cc2ccccc2)c2ccccc2)(C(O)O)C[C@@H](OC(C)=O)[C@H]1OC(C)=O. The zero-order valence-corrected chi connectivity index (χ0v) is 41.2. The van der Waals surface area contributed by atoms with E-state index < -0.39 is 73.4 Å². The predicted octanol–water partition coefficient (Wildman–Crippen LogP) is 9.67. The van der Waals surface area contributed by atoms with Gasteiger partial charge in [-0.3, -0.25) is 19.2 Å². The Morgan fingerprint density at radius 3 is 1.57 bits per heavy atom. The first-order valence-corrected chi connectivity index (χ1v) is 25.2. The molecule has 1 saturated heterocycles. The Kier molecular flexibility index (Phi) is 28.7. The van der Waals surface area contributed by atoms with E-state index in [4.69, 9.17) is 33.2 Å². The Labute approximate surface area is 404 Å². The molecule has 0 bridgehead atoms. The summed E-state index contributed by atoms with van der Waals surface area (Å²) in [5, 5.41) is 24.0. The highest BCUT2D eigenvalue weighted by Crippen LogP contribution is 2.38. The van der Waals surface area contributed by atoms with Crippen LogP contribution in [0.3, 0.4) is 0 Å². The maximum absolute atomic E-state index is 12.6. The Balaban J connectivity index is 1.18. The second kappa shape index (κ2) is 33.8. The second-order valence-corrected chi connectivity index (χ2v) is 18.0. The number of aliphatic hydroxyl groups is 2. The molecular weight excluding hydrogens is 875 g/mol. The summed E-state index contributed by atoms with van der Waals surface area (Å²) in [6.07, 6.45) is 15.0. The summed E-state index contributed by atoms with van der Waals surface area (Å²) in [5.74, 6) is -5.10. The molecule has 1 aliphatic rings. The van der Waals surface area contributed by atoms with Crippen molar-refractivity contribution in [1.82, 2.24) is 5.32 Å². The van der Waals surface area contributed by atoms with Gasteiger partial charge in [0.05, 0.1) is 6.61 Å². The van der Waals surface area contributed by atoms with Gasteiger partial charge in [0.15, 0.2) is 12.2 Å². The van der Waals surface area contributed by atoms with E-state index in [0.29, 0.717) is 19.4 Å². The normalized spacial score (nSPS) is 18.8. The van der Waals surface area contributed by atoms with Crippen LogP contribution in [0.2, 0.25) is 0 Å². The van der Waals surface area contributed by atoms with E-state index in [1.165, 1.54) is 83.5 Å². The molecule has 2 aromatic rings. The van der Waals surface area contributed by atoms with Gasteiger partial charge in [0.25, 0.3) is 0 Å². The molecule has 1 heterocycles. The van der Waals surface area contributed by atoms with Gasteiger partial charge in [-0.25, -0.2) is 4.79 Å². The summed E-state index contributed by atoms with van der Waals surface area (Å²) in [5.41, 5.74) is 2.12. The molecule has 0 aliphatic carbocycles. The number of alkyl carbamates (subject to hydrolysis) is 1. The lowest BCUT2D eigenvalue weighted by Crippen LogP contribution is -2.65. The number of carbonyl (C=O) groups is 5. The number of hydrogen-bond acceptors (Lipinski definition) is 14. The summed E-state index contributed by atoms with van der Waals surface area (Å²) < 4.78 is 39.2. The standard InChI is InChI=1S/C53H81NO14/c1-40(55)62-39-48(65-42(3)57)50-49(66-43(4)58)47(64-41(2)56)38-53(68-50,51(59)60)63-36-30-22-20-18-16-14-12-10-8-6-5-7-9-11-13-15-17-19-21-29-35-54-52(61)67-46(45-33-27-24-28-34-45)37-44-31-25-23-26-32-44/h23-28,31-34,46-51,59-60H,5-22,29-30,35-39H2,1-4H3,(H,54,61)/t46?,47-,48-,49-,50-,53-/m1/s1. The van der Waals surface area contributed by atoms with Crippen molar-refractivity contribution in [2.24, 2.45) is 0 Å². The van der Waals surface area contributed by atoms with Crippen LogP contribution in [0.25, 0.3) is 0 Å². The molecule has 382 valence electrons. The molecule has 15 nitrogen and oxygen atoms in total. The monoisotopic (exact) mass is 956 g/mol. The van der Waals surface area contributed by atoms with Crippen molar-refractivity contribution in [2.45, 2.75) is 212 Å². The number of benzene rings is 2. The molecule has 1 unspecified atom stereocenters. The first-order chi connectivity index (χ1) is 32.8. The van der Waals surface area contributed by atoms with Crippen LogP contribution < -0.4 is 5.32 Å². The molecule has 68 heavy (non-hydrogen) atoms. The van der Waals surface area contributed by atoms with Crippen LogP contribution >= 0.6 is 0 Å². The number of ether oxygens (including phenoxy) is 7. The lowest BCUT2D eigenvalue weighted by molar-refractivity contribution is -0.391. The molecule has 2 aromatic carbocycles. The first kappa shape index (κ1) is 57.7. The molecule has 0 saturated carbocycles. The molecule has 0 radical (unpaired) electrons. The van der Waals surface area contributed by atoms with E-state index in [2.05, 4.69) is 17.4 Å². The molecule has 15 heteroatoms. The van der Waals surface area contributed by atoms with Crippen molar-refractivity contribution in [3.63, 3.8) is 0 Å². The Morgan fingerprint density at radius 2 is 1.10 bits per heavy atom. The maximum Gasteiger partial charge on any atom is 0.407 e. The van der Waals surface area contributed by atoms with E-state index in [-0.39, 0.29) is 18.8 Å². The average molecular weight is 956 g/mol. The van der Waals surface area contributed by atoms with Gasteiger partial charge >= 0.3 is 30.0 Å². The lowest BCUT2D eigenvalue weighted by Gasteiger charge is -2.48. The van der Waals surface area contributed by atoms with Gasteiger partial charge in [-0.05, 0) is 24.0 Å². The Bertz CT molecular complexity index is 1710. The van der Waals surface area contributed by atoms with Crippen molar-refractivity contribution in [3.05, 3.63) is 71.8 Å². The van der Waals surface area contributed by atoms with E-state index in [0.717, 1.165) is 77.3 Å². The zero-order valence-electron chi connectivity index (χ0n) is 41.2. The van der Waals surface area contributed by atoms with E-state index in [1.54, 1.807) is 0 Å². The summed E-state index contributed by atoms with van der Waals surface area (Å²) in [6.45, 7) is 4.74. The van der Waals surface area contributed by atoms with Crippen molar-refractivity contribution in [3.8, 4) is 0 Å². The maximum atomic E-state index is 12.6. The number of esters is 4. The van der Waals surface area contributed by atoms with Crippen LogP contribution in [0.1, 0.15) is 180 Å². The van der Waals surface area contributed by atoms with Gasteiger partial charge in [0.1, 0.15) is 24.9 Å². The quantitative estimate of drug-likeness (QED) is 0.0255. The topological polar surface area (TPSA) is 202 Å². The highest BCUT2D eigenvalue weighted by atomic mass is 16.8. The van der Waals surface area contributed by atoms with Crippen molar-refractivity contribution in [2.75, 3.05) is 19.8 Å². The van der Waals surface area contributed by atoms with Gasteiger partial charge in [0, 0.05) is 47.1 Å². The van der Waals surface area contributed by atoms with E-state index >= 15 is 0 Å². The minimum absolute atomic E-state index is 0.0746. The average Bonchev–Trinajstić information content (AvgIpc) is 3.29. The number of rotatable bonds is 35. The van der Waals surface area contributed by atoms with Gasteiger partial charge in [-0.15, -0.1) is 0 Å². The lowest BCUT2D eigenvalue weighted by atomic mass is 9.91. The summed E-state index contributed by atoms with van der Waals surface area (Å²) in [6, 6.07) is 20.0. The fourth-order valence-corrected chi connectivity index (χ4v) is 8.58. The first-order valence-electron chi connectivity index (χ1n) is 25.2. The van der Waals surface area contributed by atoms with Crippen molar-refractivity contribution < 1.29 is 67.3 Å². The minimum Gasteiger partial charge on any atom is -0.462 e.